The molecule has 0 fully saturated rings. The molecule has 0 aliphatic rings. The summed E-state index contributed by atoms with van der Waals surface area (Å²) in [5, 5.41) is 8.65. The van der Waals surface area contributed by atoms with Gasteiger partial charge in [0.2, 0.25) is 5.91 Å². The number of anilines is 1. The van der Waals surface area contributed by atoms with Crippen molar-refractivity contribution in [2.45, 2.75) is 27.2 Å². The minimum Gasteiger partial charge on any atom is -0.465 e. The first-order valence-corrected chi connectivity index (χ1v) is 8.45. The highest BCUT2D eigenvalue weighted by atomic mass is 16.5. The molecule has 1 aromatic rings. The molecule has 0 bridgehead atoms. The quantitative estimate of drug-likeness (QED) is 0.438. The summed E-state index contributed by atoms with van der Waals surface area (Å²) >= 11 is 0. The van der Waals surface area contributed by atoms with Gasteiger partial charge >= 0.3 is 12.0 Å². The van der Waals surface area contributed by atoms with Crippen molar-refractivity contribution in [3.8, 4) is 0 Å². The van der Waals surface area contributed by atoms with Crippen molar-refractivity contribution in [3.05, 3.63) is 11.8 Å². The minimum absolute atomic E-state index is 0.202. The van der Waals surface area contributed by atoms with Crippen LogP contribution in [0.4, 0.5) is 10.6 Å². The van der Waals surface area contributed by atoms with Crippen LogP contribution in [0.25, 0.3) is 0 Å². The molecule has 10 heteroatoms. The molecule has 26 heavy (non-hydrogen) atoms. The van der Waals surface area contributed by atoms with Crippen molar-refractivity contribution in [2.24, 2.45) is 0 Å². The lowest BCUT2D eigenvalue weighted by atomic mass is 10.3. The van der Waals surface area contributed by atoms with E-state index < -0.39 is 17.9 Å². The molecule has 0 aromatic carbocycles. The highest BCUT2D eigenvalue weighted by Gasteiger charge is 2.18. The molecule has 1 heterocycles. The Bertz CT molecular complexity index is 589. The van der Waals surface area contributed by atoms with E-state index >= 15 is 0 Å². The highest BCUT2D eigenvalue weighted by molar-refractivity contribution is 5.93. The molecule has 0 atom stereocenters. The van der Waals surface area contributed by atoms with Gasteiger partial charge in [-0.25, -0.2) is 4.79 Å². The van der Waals surface area contributed by atoms with E-state index in [0.717, 1.165) is 0 Å². The third-order valence-corrected chi connectivity index (χ3v) is 3.13. The second kappa shape index (κ2) is 11.9. The van der Waals surface area contributed by atoms with Crippen LogP contribution < -0.4 is 10.6 Å². The van der Waals surface area contributed by atoms with Crippen molar-refractivity contribution in [2.75, 3.05) is 44.8 Å². The second-order valence-electron chi connectivity index (χ2n) is 5.31. The molecule has 146 valence electrons. The van der Waals surface area contributed by atoms with E-state index in [1.807, 2.05) is 6.92 Å². The number of esters is 1. The number of hydrogen-bond donors (Lipinski definition) is 2. The summed E-state index contributed by atoms with van der Waals surface area (Å²) in [7, 11) is 0. The van der Waals surface area contributed by atoms with Crippen LogP contribution in [-0.4, -0.2) is 67.4 Å². The van der Waals surface area contributed by atoms with Gasteiger partial charge in [0, 0.05) is 25.8 Å². The van der Waals surface area contributed by atoms with Crippen molar-refractivity contribution in [1.29, 1.82) is 0 Å². The number of hydrogen-bond acceptors (Lipinski definition) is 7. The highest BCUT2D eigenvalue weighted by Crippen LogP contribution is 2.07. The molecule has 0 aliphatic heterocycles. The molecule has 1 aromatic heterocycles. The molecule has 0 saturated heterocycles. The maximum Gasteiger partial charge on any atom is 0.325 e. The van der Waals surface area contributed by atoms with Crippen LogP contribution in [0.1, 0.15) is 26.0 Å². The predicted molar refractivity (Wildman–Crippen MR) is 92.6 cm³/mol. The summed E-state index contributed by atoms with van der Waals surface area (Å²) < 4.78 is 14.9. The number of nitrogens with one attached hydrogen (secondary N) is 2. The molecular formula is C16H26N4O6. The summed E-state index contributed by atoms with van der Waals surface area (Å²) in [6.07, 6.45) is 0.553. The third-order valence-electron chi connectivity index (χ3n) is 3.13. The van der Waals surface area contributed by atoms with Crippen LogP contribution in [0, 0.1) is 6.92 Å². The van der Waals surface area contributed by atoms with E-state index in [1.54, 1.807) is 19.9 Å². The van der Waals surface area contributed by atoms with Gasteiger partial charge in [-0.05, 0) is 27.2 Å². The molecule has 0 radical (unpaired) electrons. The van der Waals surface area contributed by atoms with Crippen LogP contribution in [0.2, 0.25) is 0 Å². The molecule has 0 aliphatic carbocycles. The predicted octanol–water partition coefficient (Wildman–Crippen LogP) is 0.923. The standard InChI is InChI=1S/C16H26N4O6/c1-4-24-8-6-7-20(16(23)17-10-15(22)25-5-2)11-14(21)18-13-9-12(3)26-19-13/h9H,4-8,10-11H2,1-3H3,(H,17,23)(H,18,19,21). The van der Waals surface area contributed by atoms with Gasteiger partial charge in [-0.15, -0.1) is 0 Å². The summed E-state index contributed by atoms with van der Waals surface area (Å²) in [6, 6.07) is 1.03. The summed E-state index contributed by atoms with van der Waals surface area (Å²) in [5.74, 6) is -0.145. The zero-order valence-electron chi connectivity index (χ0n) is 15.4. The number of ether oxygens (including phenoxy) is 2. The molecule has 0 spiro atoms. The Morgan fingerprint density at radius 2 is 2.04 bits per heavy atom. The maximum absolute atomic E-state index is 12.3. The monoisotopic (exact) mass is 370 g/mol. The number of aromatic nitrogens is 1. The van der Waals surface area contributed by atoms with E-state index in [9.17, 15) is 14.4 Å². The van der Waals surface area contributed by atoms with E-state index in [2.05, 4.69) is 15.8 Å². The van der Waals surface area contributed by atoms with E-state index in [1.165, 1.54) is 4.90 Å². The summed E-state index contributed by atoms with van der Waals surface area (Å²) in [4.78, 5) is 37.0. The van der Waals surface area contributed by atoms with Gasteiger partial charge in [-0.1, -0.05) is 5.16 Å². The number of carbonyl (C=O) groups is 3. The van der Waals surface area contributed by atoms with Gasteiger partial charge in [0.25, 0.3) is 0 Å². The van der Waals surface area contributed by atoms with Crippen molar-refractivity contribution in [1.82, 2.24) is 15.4 Å². The first-order chi connectivity index (χ1) is 12.5. The van der Waals surface area contributed by atoms with Gasteiger partial charge < -0.3 is 29.5 Å². The normalized spacial score (nSPS) is 10.3. The van der Waals surface area contributed by atoms with Gasteiger partial charge in [0.15, 0.2) is 5.82 Å². The Morgan fingerprint density at radius 1 is 1.27 bits per heavy atom. The van der Waals surface area contributed by atoms with Crippen molar-refractivity contribution >= 4 is 23.7 Å². The smallest absolute Gasteiger partial charge is 0.325 e. The average Bonchev–Trinajstić information content (AvgIpc) is 3.00. The van der Waals surface area contributed by atoms with E-state index in [-0.39, 0.29) is 25.5 Å². The zero-order valence-corrected chi connectivity index (χ0v) is 15.4. The van der Waals surface area contributed by atoms with Crippen LogP contribution in [0.5, 0.6) is 0 Å². The Balaban J connectivity index is 2.56. The second-order valence-corrected chi connectivity index (χ2v) is 5.31. The van der Waals surface area contributed by atoms with E-state index in [0.29, 0.717) is 31.9 Å². The number of rotatable bonds is 11. The summed E-state index contributed by atoms with van der Waals surface area (Å²) in [6.45, 7) is 6.33. The Labute approximate surface area is 152 Å². The first kappa shape index (κ1) is 21.4. The largest absolute Gasteiger partial charge is 0.465 e. The van der Waals surface area contributed by atoms with Gasteiger partial charge in [-0.3, -0.25) is 9.59 Å². The van der Waals surface area contributed by atoms with Gasteiger partial charge in [-0.2, -0.15) is 0 Å². The molecule has 0 unspecified atom stereocenters. The number of amides is 3. The van der Waals surface area contributed by atoms with Crippen molar-refractivity contribution in [3.63, 3.8) is 0 Å². The number of aryl methyl sites for hydroxylation is 1. The van der Waals surface area contributed by atoms with Crippen LogP contribution >= 0.6 is 0 Å². The average molecular weight is 370 g/mol. The minimum atomic E-state index is -0.544. The zero-order chi connectivity index (χ0) is 19.4. The fraction of sp³-hybridized carbons (Fsp3) is 0.625. The number of urea groups is 1. The van der Waals surface area contributed by atoms with Crippen LogP contribution in [0.15, 0.2) is 10.6 Å². The van der Waals surface area contributed by atoms with Crippen LogP contribution in [-0.2, 0) is 19.1 Å². The van der Waals surface area contributed by atoms with Gasteiger partial charge in [0.05, 0.1) is 6.61 Å². The lowest BCUT2D eigenvalue weighted by Crippen LogP contribution is -2.46. The Morgan fingerprint density at radius 3 is 2.65 bits per heavy atom. The van der Waals surface area contributed by atoms with Crippen molar-refractivity contribution < 1.29 is 28.4 Å². The van der Waals surface area contributed by atoms with E-state index in [4.69, 9.17) is 14.0 Å². The number of carbonyl (C=O) groups excluding carboxylic acids is 3. The lowest BCUT2D eigenvalue weighted by molar-refractivity contribution is -0.141. The topological polar surface area (TPSA) is 123 Å². The Hall–Kier alpha value is -2.62. The van der Waals surface area contributed by atoms with Gasteiger partial charge in [0.1, 0.15) is 18.8 Å². The third kappa shape index (κ3) is 8.47. The van der Waals surface area contributed by atoms with Crippen LogP contribution in [0.3, 0.4) is 0 Å². The molecule has 0 saturated carbocycles. The first-order valence-electron chi connectivity index (χ1n) is 8.45. The Kier molecular flexibility index (Phi) is 9.77. The molecule has 1 rings (SSSR count). The number of nitrogens with zero attached hydrogens (tertiary/aromatic N) is 2. The molecule has 2 N–H and O–H groups in total. The molecule has 3 amide bonds. The lowest BCUT2D eigenvalue weighted by Gasteiger charge is -2.22. The molecule has 10 nitrogen and oxygen atoms in total. The summed E-state index contributed by atoms with van der Waals surface area (Å²) in [5.41, 5.74) is 0. The molecular weight excluding hydrogens is 344 g/mol. The fourth-order valence-electron chi connectivity index (χ4n) is 2.01. The maximum atomic E-state index is 12.3. The fourth-order valence-corrected chi connectivity index (χ4v) is 2.01. The SMILES string of the molecule is CCOCCCN(CC(=O)Nc1cc(C)on1)C(=O)NCC(=O)OCC.